The molecule has 3 heterocycles. The molecule has 0 aromatic carbocycles. The summed E-state index contributed by atoms with van der Waals surface area (Å²) in [6.45, 7) is 2.98. The number of hydrogen-bond donors (Lipinski definition) is 1. The molecule has 1 atom stereocenters. The Bertz CT molecular complexity index is 689. The van der Waals surface area contributed by atoms with Gasteiger partial charge >= 0.3 is 0 Å². The number of nitrogens with zero attached hydrogens (tertiary/aromatic N) is 4. The number of hydrogen-bond acceptors (Lipinski definition) is 5. The monoisotopic (exact) mass is 285 g/mol. The molecule has 20 heavy (non-hydrogen) atoms. The smallest absolute Gasteiger partial charge is 0.0970 e. The Hall–Kier alpha value is -2.21. The maximum Gasteiger partial charge on any atom is 0.0970 e. The van der Waals surface area contributed by atoms with Crippen molar-refractivity contribution in [2.24, 2.45) is 0 Å². The normalized spacial score (nSPS) is 12.4. The predicted octanol–water partition coefficient (Wildman–Crippen LogP) is 2.79. The van der Waals surface area contributed by atoms with Crippen LogP contribution in [0.4, 0.5) is 5.69 Å². The van der Waals surface area contributed by atoms with Crippen LogP contribution in [0.5, 0.6) is 0 Å². The molecular weight excluding hydrogens is 270 g/mol. The molecule has 0 bridgehead atoms. The Labute approximate surface area is 121 Å². The van der Waals surface area contributed by atoms with E-state index < -0.39 is 0 Å². The SMILES string of the molecule is CC(Cn1cncc1-c1cnccc1N)c1nccs1. The molecule has 0 radical (unpaired) electrons. The molecule has 3 aromatic rings. The summed E-state index contributed by atoms with van der Waals surface area (Å²) in [4.78, 5) is 12.7. The first-order valence-corrected chi connectivity index (χ1v) is 7.23. The van der Waals surface area contributed by atoms with Crippen LogP contribution in [0.25, 0.3) is 11.3 Å². The van der Waals surface area contributed by atoms with E-state index in [4.69, 9.17) is 5.73 Å². The zero-order chi connectivity index (χ0) is 13.9. The molecule has 6 heteroatoms. The van der Waals surface area contributed by atoms with E-state index >= 15 is 0 Å². The van der Waals surface area contributed by atoms with Crippen LogP contribution in [-0.4, -0.2) is 19.5 Å². The van der Waals surface area contributed by atoms with Gasteiger partial charge in [-0.3, -0.25) is 4.98 Å². The molecule has 3 aromatic heterocycles. The number of anilines is 1. The molecule has 0 aliphatic rings. The van der Waals surface area contributed by atoms with E-state index in [0.29, 0.717) is 11.6 Å². The third kappa shape index (κ3) is 2.42. The summed E-state index contributed by atoms with van der Waals surface area (Å²) >= 11 is 1.68. The largest absolute Gasteiger partial charge is 0.398 e. The van der Waals surface area contributed by atoms with Gasteiger partial charge in [-0.25, -0.2) is 9.97 Å². The lowest BCUT2D eigenvalue weighted by atomic mass is 10.1. The Balaban J connectivity index is 1.89. The van der Waals surface area contributed by atoms with Crippen molar-refractivity contribution in [1.82, 2.24) is 19.5 Å². The maximum absolute atomic E-state index is 6.01. The third-order valence-electron chi connectivity index (χ3n) is 3.19. The predicted molar refractivity (Wildman–Crippen MR) is 80.4 cm³/mol. The molecule has 0 saturated carbocycles. The van der Waals surface area contributed by atoms with Gasteiger partial charge < -0.3 is 10.3 Å². The first kappa shape index (κ1) is 12.8. The Kier molecular flexibility index (Phi) is 3.47. The van der Waals surface area contributed by atoms with Crippen molar-refractivity contribution in [3.05, 3.63) is 47.6 Å². The number of pyridine rings is 1. The van der Waals surface area contributed by atoms with Gasteiger partial charge in [-0.2, -0.15) is 0 Å². The minimum Gasteiger partial charge on any atom is -0.398 e. The van der Waals surface area contributed by atoms with E-state index in [2.05, 4.69) is 26.4 Å². The van der Waals surface area contributed by atoms with Crippen LogP contribution in [0.15, 0.2) is 42.6 Å². The number of nitrogen functional groups attached to an aromatic ring is 1. The highest BCUT2D eigenvalue weighted by atomic mass is 32.1. The molecule has 2 N–H and O–H groups in total. The van der Waals surface area contributed by atoms with Gasteiger partial charge in [0.2, 0.25) is 0 Å². The lowest BCUT2D eigenvalue weighted by Gasteiger charge is -2.13. The van der Waals surface area contributed by atoms with Crippen LogP contribution >= 0.6 is 11.3 Å². The zero-order valence-corrected chi connectivity index (χ0v) is 11.9. The first-order valence-electron chi connectivity index (χ1n) is 6.35. The number of thiazole rings is 1. The van der Waals surface area contributed by atoms with Crippen molar-refractivity contribution in [2.75, 3.05) is 5.73 Å². The van der Waals surface area contributed by atoms with E-state index in [0.717, 1.165) is 22.8 Å². The first-order chi connectivity index (χ1) is 9.75. The Morgan fingerprint density at radius 1 is 1.30 bits per heavy atom. The highest BCUT2D eigenvalue weighted by molar-refractivity contribution is 7.09. The van der Waals surface area contributed by atoms with Crippen molar-refractivity contribution in [3.63, 3.8) is 0 Å². The minimum absolute atomic E-state index is 0.334. The lowest BCUT2D eigenvalue weighted by Crippen LogP contribution is -2.07. The van der Waals surface area contributed by atoms with E-state index in [9.17, 15) is 0 Å². The maximum atomic E-state index is 6.01. The molecule has 0 aliphatic heterocycles. The molecule has 0 fully saturated rings. The molecule has 1 unspecified atom stereocenters. The molecule has 0 aliphatic carbocycles. The number of aromatic nitrogens is 4. The minimum atomic E-state index is 0.334. The fourth-order valence-corrected chi connectivity index (χ4v) is 2.85. The van der Waals surface area contributed by atoms with E-state index in [1.807, 2.05) is 24.1 Å². The van der Waals surface area contributed by atoms with E-state index in [-0.39, 0.29) is 0 Å². The van der Waals surface area contributed by atoms with Gasteiger partial charge in [0.05, 0.1) is 23.2 Å². The van der Waals surface area contributed by atoms with Crippen LogP contribution in [0.1, 0.15) is 17.8 Å². The highest BCUT2D eigenvalue weighted by Crippen LogP contribution is 2.27. The van der Waals surface area contributed by atoms with Gasteiger partial charge in [0.1, 0.15) is 0 Å². The van der Waals surface area contributed by atoms with Crippen molar-refractivity contribution >= 4 is 17.0 Å². The average Bonchev–Trinajstić information content (AvgIpc) is 3.10. The van der Waals surface area contributed by atoms with Crippen LogP contribution in [0, 0.1) is 0 Å². The summed E-state index contributed by atoms with van der Waals surface area (Å²) in [5, 5.41) is 3.13. The van der Waals surface area contributed by atoms with Crippen LogP contribution < -0.4 is 5.73 Å². The molecule has 0 saturated heterocycles. The second-order valence-corrected chi connectivity index (χ2v) is 5.59. The number of nitrogens with two attached hydrogens (primary N) is 1. The Morgan fingerprint density at radius 3 is 2.95 bits per heavy atom. The van der Waals surface area contributed by atoms with Gasteiger partial charge in [0.25, 0.3) is 0 Å². The zero-order valence-electron chi connectivity index (χ0n) is 11.1. The van der Waals surface area contributed by atoms with Crippen LogP contribution in [0.2, 0.25) is 0 Å². The van der Waals surface area contributed by atoms with E-state index in [1.165, 1.54) is 0 Å². The average molecular weight is 285 g/mol. The van der Waals surface area contributed by atoms with Crippen molar-refractivity contribution in [1.29, 1.82) is 0 Å². The van der Waals surface area contributed by atoms with Crippen LogP contribution in [0.3, 0.4) is 0 Å². The standard InChI is InChI=1S/C14H15N5S/c1-10(14-18-4-5-20-14)8-19-9-17-7-13(19)11-6-16-3-2-12(11)15/h2-7,9-10H,8H2,1H3,(H2,15,16). The van der Waals surface area contributed by atoms with Gasteiger partial charge in [0.15, 0.2) is 0 Å². The molecule has 3 rings (SSSR count). The third-order valence-corrected chi connectivity index (χ3v) is 4.19. The molecule has 5 nitrogen and oxygen atoms in total. The molecule has 0 spiro atoms. The van der Waals surface area contributed by atoms with Gasteiger partial charge in [-0.05, 0) is 6.07 Å². The fraction of sp³-hybridized carbons (Fsp3) is 0.214. The topological polar surface area (TPSA) is 69.6 Å². The van der Waals surface area contributed by atoms with Crippen molar-refractivity contribution < 1.29 is 0 Å². The summed E-state index contributed by atoms with van der Waals surface area (Å²) < 4.78 is 2.10. The number of imidazole rings is 1. The van der Waals surface area contributed by atoms with Crippen molar-refractivity contribution in [3.8, 4) is 11.3 Å². The second-order valence-electron chi connectivity index (χ2n) is 4.67. The van der Waals surface area contributed by atoms with Gasteiger partial charge in [-0.15, -0.1) is 11.3 Å². The summed E-state index contributed by atoms with van der Waals surface area (Å²) in [7, 11) is 0. The summed E-state index contributed by atoms with van der Waals surface area (Å²) in [5.41, 5.74) is 8.62. The quantitative estimate of drug-likeness (QED) is 0.800. The molecule has 102 valence electrons. The highest BCUT2D eigenvalue weighted by Gasteiger charge is 2.13. The second kappa shape index (κ2) is 5.42. The lowest BCUT2D eigenvalue weighted by molar-refractivity contribution is 0.598. The summed E-state index contributed by atoms with van der Waals surface area (Å²) in [5.74, 6) is 0.334. The van der Waals surface area contributed by atoms with Gasteiger partial charge in [0, 0.05) is 47.7 Å². The van der Waals surface area contributed by atoms with Crippen molar-refractivity contribution in [2.45, 2.75) is 19.4 Å². The summed E-state index contributed by atoms with van der Waals surface area (Å²) in [6, 6.07) is 1.80. The molecule has 0 amide bonds. The number of rotatable bonds is 4. The van der Waals surface area contributed by atoms with E-state index in [1.54, 1.807) is 29.8 Å². The van der Waals surface area contributed by atoms with Crippen LogP contribution in [-0.2, 0) is 6.54 Å². The molecular formula is C14H15N5S. The fourth-order valence-electron chi connectivity index (χ4n) is 2.16. The van der Waals surface area contributed by atoms with Gasteiger partial charge in [-0.1, -0.05) is 6.92 Å². The Morgan fingerprint density at radius 2 is 2.20 bits per heavy atom. The summed E-state index contributed by atoms with van der Waals surface area (Å²) in [6.07, 6.45) is 8.95.